The number of imide groups is 1. The van der Waals surface area contributed by atoms with Gasteiger partial charge in [0.1, 0.15) is 11.0 Å². The minimum atomic E-state index is -1.13. The van der Waals surface area contributed by atoms with E-state index in [4.69, 9.17) is 0 Å². The van der Waals surface area contributed by atoms with Crippen LogP contribution in [0.1, 0.15) is 12.8 Å². The number of Topliss-reactive ketones (excluding diaryl/α,β-unsaturated/α-hetero) is 1. The van der Waals surface area contributed by atoms with Crippen LogP contribution in [0.5, 0.6) is 0 Å². The molecule has 1 atom stereocenters. The van der Waals surface area contributed by atoms with Gasteiger partial charge < -0.3 is 5.32 Å². The van der Waals surface area contributed by atoms with Gasteiger partial charge in [0.2, 0.25) is 0 Å². The first-order valence-electron chi connectivity index (χ1n) is 5.79. The first-order chi connectivity index (χ1) is 8.58. The van der Waals surface area contributed by atoms with Crippen LogP contribution in [-0.2, 0) is 14.4 Å². The molecular formula is C12H11N2O4+. The zero-order valence-corrected chi connectivity index (χ0v) is 9.56. The summed E-state index contributed by atoms with van der Waals surface area (Å²) >= 11 is 0. The minimum Gasteiger partial charge on any atom is -0.315 e. The van der Waals surface area contributed by atoms with Crippen LogP contribution in [0.3, 0.4) is 0 Å². The topological polar surface area (TPSA) is 83.3 Å². The lowest BCUT2D eigenvalue weighted by atomic mass is 9.70. The summed E-state index contributed by atoms with van der Waals surface area (Å²) in [6, 6.07) is 0. The Morgan fingerprint density at radius 1 is 1.28 bits per heavy atom. The fraction of sp³-hybridized carbons (Fsp3) is 0.417. The maximum Gasteiger partial charge on any atom is 0.475 e. The quantitative estimate of drug-likeness (QED) is 0.466. The van der Waals surface area contributed by atoms with Crippen molar-refractivity contribution < 1.29 is 19.1 Å². The summed E-state index contributed by atoms with van der Waals surface area (Å²) in [5.74, 6) is -1.96. The molecule has 92 valence electrons. The van der Waals surface area contributed by atoms with Crippen LogP contribution in [0.15, 0.2) is 23.3 Å². The predicted molar refractivity (Wildman–Crippen MR) is 59.4 cm³/mol. The third-order valence-electron chi connectivity index (χ3n) is 3.78. The standard InChI is InChI=1S/C12H11N2O4/c15-8-3-1-2-7-9(8)12(4-5-13-6-12)11(17)14(18)10(7)16/h1-2,13H,3-6H2/q+1. The van der Waals surface area contributed by atoms with Gasteiger partial charge in [-0.15, -0.1) is 0 Å². The number of fused-ring (bicyclic) bond motifs is 1. The molecule has 0 saturated carbocycles. The Morgan fingerprint density at radius 3 is 2.72 bits per heavy atom. The van der Waals surface area contributed by atoms with E-state index in [1.807, 2.05) is 0 Å². The Kier molecular flexibility index (Phi) is 2.18. The van der Waals surface area contributed by atoms with Crippen molar-refractivity contribution in [3.8, 4) is 0 Å². The molecule has 3 aliphatic rings. The lowest BCUT2D eigenvalue weighted by Crippen LogP contribution is -2.50. The van der Waals surface area contributed by atoms with Gasteiger partial charge in [-0.2, -0.15) is 0 Å². The van der Waals surface area contributed by atoms with E-state index in [9.17, 15) is 19.3 Å². The largest absolute Gasteiger partial charge is 0.475 e. The normalized spacial score (nSPS) is 31.6. The Morgan fingerprint density at radius 2 is 2.06 bits per heavy atom. The number of hydrogen-bond donors (Lipinski definition) is 1. The molecule has 1 spiro atoms. The van der Waals surface area contributed by atoms with E-state index in [0.29, 0.717) is 13.0 Å². The van der Waals surface area contributed by atoms with Crippen molar-refractivity contribution in [2.45, 2.75) is 12.8 Å². The Hall–Kier alpha value is -1.95. The first kappa shape index (κ1) is 11.2. The van der Waals surface area contributed by atoms with Crippen molar-refractivity contribution in [2.24, 2.45) is 5.41 Å². The third-order valence-corrected chi connectivity index (χ3v) is 3.78. The number of nitroso groups, excluding NO2 is 1. The van der Waals surface area contributed by atoms with E-state index in [-0.39, 0.29) is 34.7 Å². The highest BCUT2D eigenvalue weighted by Gasteiger charge is 2.62. The molecule has 0 bridgehead atoms. The SMILES string of the molecule is O=C1CC=CC2=C1C1(CCNC1)C(=O)[N+](=O)C2=O. The highest BCUT2D eigenvalue weighted by atomic mass is 16.3. The zero-order chi connectivity index (χ0) is 12.9. The summed E-state index contributed by atoms with van der Waals surface area (Å²) in [4.78, 5) is 47.6. The third kappa shape index (κ3) is 1.18. The van der Waals surface area contributed by atoms with E-state index in [2.05, 4.69) is 5.32 Å². The maximum atomic E-state index is 12.1. The lowest BCUT2D eigenvalue weighted by molar-refractivity contribution is -0.406. The van der Waals surface area contributed by atoms with Crippen molar-refractivity contribution >= 4 is 17.6 Å². The van der Waals surface area contributed by atoms with Crippen molar-refractivity contribution in [1.29, 1.82) is 0 Å². The number of rotatable bonds is 0. The van der Waals surface area contributed by atoms with Gasteiger partial charge in [0, 0.05) is 23.4 Å². The molecule has 0 aromatic carbocycles. The average Bonchev–Trinajstić information content (AvgIpc) is 2.84. The second-order valence-corrected chi connectivity index (χ2v) is 4.73. The molecule has 1 unspecified atom stereocenters. The number of nitrogens with one attached hydrogen (secondary N) is 1. The van der Waals surface area contributed by atoms with Crippen LogP contribution < -0.4 is 5.32 Å². The number of carbonyl (C=O) groups is 3. The highest BCUT2D eigenvalue weighted by Crippen LogP contribution is 2.43. The molecule has 0 aromatic rings. The summed E-state index contributed by atoms with van der Waals surface area (Å²) in [6.07, 6.45) is 3.60. The number of carbonyl (C=O) groups excluding carboxylic acids is 3. The molecule has 6 heteroatoms. The molecule has 1 aliphatic carbocycles. The monoisotopic (exact) mass is 247 g/mol. The van der Waals surface area contributed by atoms with Gasteiger partial charge in [0.05, 0.1) is 0 Å². The number of allylic oxidation sites excluding steroid dienone is 1. The average molecular weight is 247 g/mol. The fourth-order valence-corrected chi connectivity index (χ4v) is 2.91. The summed E-state index contributed by atoms with van der Waals surface area (Å²) in [7, 11) is 0. The second kappa shape index (κ2) is 3.52. The number of ketones is 1. The fourth-order valence-electron chi connectivity index (χ4n) is 2.91. The molecule has 1 N–H and O–H groups in total. The van der Waals surface area contributed by atoms with Gasteiger partial charge in [-0.05, 0) is 19.0 Å². The smallest absolute Gasteiger partial charge is 0.315 e. The number of hydrogen-bond acceptors (Lipinski definition) is 5. The molecular weight excluding hydrogens is 236 g/mol. The second-order valence-electron chi connectivity index (χ2n) is 4.73. The van der Waals surface area contributed by atoms with Crippen LogP contribution >= 0.6 is 0 Å². The number of nitrogens with zero attached hydrogens (tertiary/aromatic N) is 1. The van der Waals surface area contributed by atoms with Crippen LogP contribution in [0.2, 0.25) is 0 Å². The zero-order valence-electron chi connectivity index (χ0n) is 9.56. The van der Waals surface area contributed by atoms with Gasteiger partial charge >= 0.3 is 11.8 Å². The van der Waals surface area contributed by atoms with Crippen molar-refractivity contribution in [3.05, 3.63) is 28.2 Å². The van der Waals surface area contributed by atoms with Crippen molar-refractivity contribution in [2.75, 3.05) is 13.1 Å². The van der Waals surface area contributed by atoms with E-state index in [1.165, 1.54) is 6.08 Å². The van der Waals surface area contributed by atoms with E-state index in [0.717, 1.165) is 0 Å². The highest BCUT2D eigenvalue weighted by molar-refractivity contribution is 6.15. The molecule has 6 nitrogen and oxygen atoms in total. The van der Waals surface area contributed by atoms with Gasteiger partial charge in [-0.3, -0.25) is 4.79 Å². The Balaban J connectivity index is 2.29. The Bertz CT molecular complexity index is 565. The molecule has 2 heterocycles. The molecule has 1 saturated heterocycles. The Labute approximate surface area is 102 Å². The number of amides is 2. The molecule has 2 aliphatic heterocycles. The van der Waals surface area contributed by atoms with E-state index >= 15 is 0 Å². The molecule has 2 amide bonds. The summed E-state index contributed by atoms with van der Waals surface area (Å²) in [5, 5.41) is 2.99. The van der Waals surface area contributed by atoms with Crippen LogP contribution in [0.25, 0.3) is 0 Å². The molecule has 18 heavy (non-hydrogen) atoms. The van der Waals surface area contributed by atoms with Gasteiger partial charge in [0.25, 0.3) is 0 Å². The van der Waals surface area contributed by atoms with Crippen molar-refractivity contribution in [3.63, 3.8) is 0 Å². The molecule has 1 fully saturated rings. The minimum absolute atomic E-state index is 0.0875. The van der Waals surface area contributed by atoms with E-state index < -0.39 is 17.2 Å². The molecule has 0 radical (unpaired) electrons. The van der Waals surface area contributed by atoms with Gasteiger partial charge in [-0.1, -0.05) is 6.08 Å². The predicted octanol–water partition coefficient (Wildman–Crippen LogP) is -0.363. The lowest BCUT2D eigenvalue weighted by Gasteiger charge is -2.28. The van der Waals surface area contributed by atoms with Crippen LogP contribution in [0, 0.1) is 10.3 Å². The summed E-state index contributed by atoms with van der Waals surface area (Å²) in [5.41, 5.74) is -0.811. The van der Waals surface area contributed by atoms with Crippen LogP contribution in [-0.4, -0.2) is 35.4 Å². The molecule has 3 rings (SSSR count). The first-order valence-corrected chi connectivity index (χ1v) is 5.79. The summed E-state index contributed by atoms with van der Waals surface area (Å²) in [6.45, 7) is 0.803. The van der Waals surface area contributed by atoms with Crippen LogP contribution in [0.4, 0.5) is 0 Å². The summed E-state index contributed by atoms with van der Waals surface area (Å²) < 4.78 is -0.102. The molecule has 0 aromatic heterocycles. The van der Waals surface area contributed by atoms with Crippen molar-refractivity contribution in [1.82, 2.24) is 5.32 Å². The van der Waals surface area contributed by atoms with Gasteiger partial charge in [-0.25, -0.2) is 9.59 Å². The van der Waals surface area contributed by atoms with Gasteiger partial charge in [0.15, 0.2) is 10.5 Å². The maximum absolute atomic E-state index is 12.1. The van der Waals surface area contributed by atoms with E-state index in [1.54, 1.807) is 6.08 Å².